The van der Waals surface area contributed by atoms with Crippen LogP contribution in [-0.2, 0) is 4.79 Å². The molecule has 0 spiro atoms. The van der Waals surface area contributed by atoms with Crippen LogP contribution in [0.3, 0.4) is 0 Å². The van der Waals surface area contributed by atoms with Crippen molar-refractivity contribution in [3.8, 4) is 11.4 Å². The van der Waals surface area contributed by atoms with E-state index in [1.165, 1.54) is 13.0 Å². The van der Waals surface area contributed by atoms with Crippen LogP contribution in [0.5, 0.6) is 0 Å². The van der Waals surface area contributed by atoms with E-state index in [1.807, 2.05) is 19.0 Å². The van der Waals surface area contributed by atoms with E-state index in [-0.39, 0.29) is 29.3 Å². The van der Waals surface area contributed by atoms with Gasteiger partial charge in [-0.25, -0.2) is 4.39 Å². The first kappa shape index (κ1) is 17.4. The summed E-state index contributed by atoms with van der Waals surface area (Å²) in [6.07, 6.45) is 4.27. The predicted octanol–water partition coefficient (Wildman–Crippen LogP) is 3.31. The number of nitrogens with zero attached hydrogens (tertiary/aromatic N) is 3. The summed E-state index contributed by atoms with van der Waals surface area (Å²) in [5.74, 6) is 0.270. The zero-order valence-corrected chi connectivity index (χ0v) is 14.8. The molecule has 25 heavy (non-hydrogen) atoms. The second kappa shape index (κ2) is 7.21. The molecule has 1 N–H and O–H groups in total. The molecule has 134 valence electrons. The summed E-state index contributed by atoms with van der Waals surface area (Å²) in [5, 5.41) is 6.84. The molecule has 0 bridgehead atoms. The summed E-state index contributed by atoms with van der Waals surface area (Å²) >= 11 is 0. The van der Waals surface area contributed by atoms with Gasteiger partial charge in [0.05, 0.1) is 5.56 Å². The highest BCUT2D eigenvalue weighted by molar-refractivity contribution is 5.73. The van der Waals surface area contributed by atoms with Gasteiger partial charge >= 0.3 is 0 Å². The maximum absolute atomic E-state index is 14.4. The highest BCUT2D eigenvalue weighted by Crippen LogP contribution is 2.36. The Hall–Kier alpha value is -2.44. The normalized spacial score (nSPS) is 16.0. The lowest BCUT2D eigenvalue weighted by Gasteiger charge is -2.20. The molecule has 1 aliphatic rings. The third-order valence-electron chi connectivity index (χ3n) is 4.65. The third kappa shape index (κ3) is 3.81. The second-order valence-electron chi connectivity index (χ2n) is 6.74. The average Bonchev–Trinajstić information content (AvgIpc) is 3.24. The van der Waals surface area contributed by atoms with Crippen molar-refractivity contribution in [1.82, 2.24) is 15.5 Å². The van der Waals surface area contributed by atoms with Crippen molar-refractivity contribution in [3.63, 3.8) is 0 Å². The van der Waals surface area contributed by atoms with Crippen LogP contribution < -0.4 is 10.2 Å². The van der Waals surface area contributed by atoms with E-state index >= 15 is 0 Å². The average molecular weight is 346 g/mol. The summed E-state index contributed by atoms with van der Waals surface area (Å²) in [6, 6.07) is 4.57. The lowest BCUT2D eigenvalue weighted by molar-refractivity contribution is -0.120. The summed E-state index contributed by atoms with van der Waals surface area (Å²) in [6.45, 7) is 1.47. The van der Waals surface area contributed by atoms with E-state index < -0.39 is 5.82 Å². The zero-order chi connectivity index (χ0) is 18.0. The first-order chi connectivity index (χ1) is 12.0. The zero-order valence-electron chi connectivity index (χ0n) is 14.8. The van der Waals surface area contributed by atoms with Crippen molar-refractivity contribution in [2.75, 3.05) is 19.0 Å². The molecule has 1 atom stereocenters. The molecule has 1 aromatic carbocycles. The number of anilines is 1. The summed E-state index contributed by atoms with van der Waals surface area (Å²) in [7, 11) is 3.70. The number of carbonyl (C=O) groups excluding carboxylic acids is 1. The lowest BCUT2D eigenvalue weighted by Crippen LogP contribution is -2.31. The van der Waals surface area contributed by atoms with Gasteiger partial charge in [0.25, 0.3) is 0 Å². The van der Waals surface area contributed by atoms with E-state index in [2.05, 4.69) is 15.5 Å². The van der Waals surface area contributed by atoms with Crippen LogP contribution >= 0.6 is 0 Å². The van der Waals surface area contributed by atoms with Crippen LogP contribution in [0.2, 0.25) is 0 Å². The van der Waals surface area contributed by atoms with Gasteiger partial charge in [-0.2, -0.15) is 4.98 Å². The van der Waals surface area contributed by atoms with Crippen molar-refractivity contribution in [2.24, 2.45) is 5.92 Å². The van der Waals surface area contributed by atoms with Crippen LogP contribution in [-0.4, -0.2) is 30.1 Å². The topological polar surface area (TPSA) is 71.3 Å². The van der Waals surface area contributed by atoms with Gasteiger partial charge in [-0.1, -0.05) is 18.0 Å². The van der Waals surface area contributed by atoms with Crippen molar-refractivity contribution >= 4 is 11.6 Å². The Morgan fingerprint density at radius 3 is 2.68 bits per heavy atom. The fourth-order valence-electron chi connectivity index (χ4n) is 3.33. The molecule has 0 aliphatic heterocycles. The maximum atomic E-state index is 14.4. The van der Waals surface area contributed by atoms with Crippen LogP contribution in [0.25, 0.3) is 11.4 Å². The van der Waals surface area contributed by atoms with Gasteiger partial charge in [0, 0.05) is 26.7 Å². The number of hydrogen-bond donors (Lipinski definition) is 1. The number of rotatable bonds is 5. The molecule has 1 saturated carbocycles. The minimum atomic E-state index is -0.407. The van der Waals surface area contributed by atoms with Gasteiger partial charge in [-0.3, -0.25) is 4.79 Å². The number of amides is 1. The van der Waals surface area contributed by atoms with Crippen LogP contribution in [0, 0.1) is 11.7 Å². The molecule has 6 nitrogen and oxygen atoms in total. The quantitative estimate of drug-likeness (QED) is 0.899. The molecule has 2 aromatic rings. The Morgan fingerprint density at radius 1 is 1.36 bits per heavy atom. The van der Waals surface area contributed by atoms with Gasteiger partial charge in [-0.15, -0.1) is 0 Å². The van der Waals surface area contributed by atoms with Gasteiger partial charge in [0.1, 0.15) is 11.9 Å². The molecule has 1 aromatic heterocycles. The van der Waals surface area contributed by atoms with Gasteiger partial charge in [-0.05, 0) is 37.0 Å². The van der Waals surface area contributed by atoms with Gasteiger partial charge < -0.3 is 14.7 Å². The maximum Gasteiger partial charge on any atom is 0.249 e. The number of hydrogen-bond acceptors (Lipinski definition) is 5. The standard InChI is InChI=1S/C18H23FN4O2/c1-11(24)20-16(12-6-4-5-7-12)18-21-17(22-25-18)14-9-8-13(23(2)3)10-15(14)19/h8-10,12,16H,4-7H2,1-3H3,(H,20,24). The van der Waals surface area contributed by atoms with E-state index in [9.17, 15) is 9.18 Å². The van der Waals surface area contributed by atoms with Gasteiger partial charge in [0.15, 0.2) is 0 Å². The van der Waals surface area contributed by atoms with Gasteiger partial charge in [0.2, 0.25) is 17.6 Å². The van der Waals surface area contributed by atoms with E-state index in [4.69, 9.17) is 4.52 Å². The lowest BCUT2D eigenvalue weighted by atomic mass is 9.98. The van der Waals surface area contributed by atoms with E-state index in [0.29, 0.717) is 5.89 Å². The first-order valence-corrected chi connectivity index (χ1v) is 8.53. The van der Waals surface area contributed by atoms with Crippen molar-refractivity contribution < 1.29 is 13.7 Å². The number of halogens is 1. The Bertz CT molecular complexity index is 753. The van der Waals surface area contributed by atoms with Crippen molar-refractivity contribution in [1.29, 1.82) is 0 Å². The Kier molecular flexibility index (Phi) is 5.01. The molecular formula is C18H23FN4O2. The molecule has 7 heteroatoms. The highest BCUT2D eigenvalue weighted by atomic mass is 19.1. The molecule has 0 saturated heterocycles. The first-order valence-electron chi connectivity index (χ1n) is 8.53. The second-order valence-corrected chi connectivity index (χ2v) is 6.74. The molecule has 1 unspecified atom stereocenters. The smallest absolute Gasteiger partial charge is 0.249 e. The monoisotopic (exact) mass is 346 g/mol. The van der Waals surface area contributed by atoms with Crippen molar-refractivity contribution in [3.05, 3.63) is 29.9 Å². The Labute approximate surface area is 146 Å². The molecule has 0 radical (unpaired) electrons. The minimum absolute atomic E-state index is 0.141. The fourth-order valence-corrected chi connectivity index (χ4v) is 3.33. The van der Waals surface area contributed by atoms with Crippen LogP contribution in [0.4, 0.5) is 10.1 Å². The molecule has 1 heterocycles. The highest BCUT2D eigenvalue weighted by Gasteiger charge is 2.31. The Morgan fingerprint density at radius 2 is 2.08 bits per heavy atom. The summed E-state index contributed by atoms with van der Waals surface area (Å²) in [5.41, 5.74) is 1.04. The van der Waals surface area contributed by atoms with E-state index in [1.54, 1.807) is 12.1 Å². The fraction of sp³-hybridized carbons (Fsp3) is 0.500. The number of nitrogens with one attached hydrogen (secondary N) is 1. The van der Waals surface area contributed by atoms with Crippen molar-refractivity contribution in [2.45, 2.75) is 38.6 Å². The molecule has 3 rings (SSSR count). The SMILES string of the molecule is CC(=O)NC(c1nc(-c2ccc(N(C)C)cc2F)no1)C1CCCC1. The number of aromatic nitrogens is 2. The predicted molar refractivity (Wildman–Crippen MR) is 92.5 cm³/mol. The molecule has 1 aliphatic carbocycles. The molecule has 1 amide bonds. The van der Waals surface area contributed by atoms with E-state index in [0.717, 1.165) is 31.4 Å². The largest absolute Gasteiger partial charge is 0.378 e. The number of carbonyl (C=O) groups is 1. The minimum Gasteiger partial charge on any atom is -0.378 e. The summed E-state index contributed by atoms with van der Waals surface area (Å²) < 4.78 is 19.8. The van der Waals surface area contributed by atoms with Crippen LogP contribution in [0.1, 0.15) is 44.5 Å². The third-order valence-corrected chi connectivity index (χ3v) is 4.65. The molecular weight excluding hydrogens is 323 g/mol. The summed E-state index contributed by atoms with van der Waals surface area (Å²) in [4.78, 5) is 17.7. The van der Waals surface area contributed by atoms with Crippen LogP contribution in [0.15, 0.2) is 22.7 Å². The number of benzene rings is 1. The molecule has 1 fully saturated rings. The Balaban J connectivity index is 1.88.